The summed E-state index contributed by atoms with van der Waals surface area (Å²) in [5, 5.41) is 10.3. The monoisotopic (exact) mass is 560 g/mol. The molecule has 0 atom stereocenters. The number of likely N-dealkylation sites (tertiary alicyclic amines) is 1. The van der Waals surface area contributed by atoms with Crippen LogP contribution in [-0.2, 0) is 7.05 Å². The molecule has 2 fully saturated rings. The van der Waals surface area contributed by atoms with Crippen LogP contribution >= 0.6 is 11.3 Å². The Labute approximate surface area is 236 Å². The minimum atomic E-state index is -0.208. The standard InChI is InChI=1S/C29H32N6O4S/c1-34-11-8-19(9-12-34)31-27(36)17-4-7-21(23(14-17)38-3)32-29-30-15-22-25(33-29)24(18-10-13-40-16-18)26(28(37)35(22)2)39-20-5-6-20/h4,7,10,13-16,19-20H,5-6,8-9,11-12H2,1-3H3,(H,31,36)(H,30,32,33). The number of carbonyl (C=O) groups excluding carboxylic acids is 1. The fourth-order valence-corrected chi connectivity index (χ4v) is 5.60. The van der Waals surface area contributed by atoms with E-state index in [1.807, 2.05) is 16.8 Å². The van der Waals surface area contributed by atoms with Crippen LogP contribution in [0.2, 0.25) is 0 Å². The Morgan fingerprint density at radius 2 is 1.93 bits per heavy atom. The number of aromatic nitrogens is 3. The molecule has 1 saturated heterocycles. The van der Waals surface area contributed by atoms with Gasteiger partial charge >= 0.3 is 0 Å². The zero-order valence-electron chi connectivity index (χ0n) is 22.8. The molecule has 11 heteroatoms. The van der Waals surface area contributed by atoms with Crippen LogP contribution in [0.1, 0.15) is 36.0 Å². The van der Waals surface area contributed by atoms with Gasteiger partial charge in [0.05, 0.1) is 36.2 Å². The largest absolute Gasteiger partial charge is 0.495 e. The van der Waals surface area contributed by atoms with Gasteiger partial charge in [0.15, 0.2) is 5.75 Å². The number of benzene rings is 1. The van der Waals surface area contributed by atoms with Crippen LogP contribution in [0.4, 0.5) is 11.6 Å². The number of fused-ring (bicyclic) bond motifs is 1. The van der Waals surface area contributed by atoms with E-state index in [1.54, 1.807) is 49.9 Å². The van der Waals surface area contributed by atoms with Crippen LogP contribution < -0.4 is 25.7 Å². The molecule has 0 bridgehead atoms. The number of ether oxygens (including phenoxy) is 2. The molecule has 1 aliphatic heterocycles. The summed E-state index contributed by atoms with van der Waals surface area (Å²) in [5.74, 6) is 1.03. The maximum Gasteiger partial charge on any atom is 0.293 e. The van der Waals surface area contributed by atoms with Crippen LogP contribution in [0.3, 0.4) is 0 Å². The Balaban J connectivity index is 1.32. The van der Waals surface area contributed by atoms with Crippen LogP contribution in [0.25, 0.3) is 22.2 Å². The summed E-state index contributed by atoms with van der Waals surface area (Å²) in [4.78, 5) is 37.8. The minimum absolute atomic E-state index is 0.0568. The first kappa shape index (κ1) is 26.3. The van der Waals surface area contributed by atoms with E-state index in [-0.39, 0.29) is 23.6 Å². The number of nitrogens with one attached hydrogen (secondary N) is 2. The summed E-state index contributed by atoms with van der Waals surface area (Å²) < 4.78 is 13.3. The van der Waals surface area contributed by atoms with Gasteiger partial charge in [-0.2, -0.15) is 11.3 Å². The molecule has 1 aliphatic carbocycles. The number of amides is 1. The normalized spacial score (nSPS) is 16.2. The third-order valence-electron chi connectivity index (χ3n) is 7.48. The Morgan fingerprint density at radius 1 is 1.12 bits per heavy atom. The summed E-state index contributed by atoms with van der Waals surface area (Å²) in [6.07, 6.45) is 5.44. The zero-order valence-corrected chi connectivity index (χ0v) is 23.6. The van der Waals surface area contributed by atoms with Crippen LogP contribution in [0.5, 0.6) is 11.5 Å². The number of hydrogen-bond donors (Lipinski definition) is 2. The van der Waals surface area contributed by atoms with Crippen molar-refractivity contribution in [3.63, 3.8) is 0 Å². The molecule has 1 amide bonds. The molecule has 2 aliphatic rings. The van der Waals surface area contributed by atoms with E-state index in [0.29, 0.717) is 45.3 Å². The first-order valence-corrected chi connectivity index (χ1v) is 14.4. The lowest BCUT2D eigenvalue weighted by Crippen LogP contribution is -2.43. The van der Waals surface area contributed by atoms with Crippen molar-refractivity contribution in [3.8, 4) is 22.6 Å². The van der Waals surface area contributed by atoms with Crippen molar-refractivity contribution in [2.75, 3.05) is 32.6 Å². The maximum absolute atomic E-state index is 13.3. The molecule has 1 saturated carbocycles. The van der Waals surface area contributed by atoms with E-state index in [2.05, 4.69) is 27.6 Å². The van der Waals surface area contributed by atoms with Crippen LogP contribution in [0, 0.1) is 0 Å². The predicted octanol–water partition coefficient (Wildman–Crippen LogP) is 4.17. The van der Waals surface area contributed by atoms with Crippen molar-refractivity contribution >= 4 is 39.9 Å². The third-order valence-corrected chi connectivity index (χ3v) is 8.16. The van der Waals surface area contributed by atoms with Gasteiger partial charge in [-0.1, -0.05) is 0 Å². The minimum Gasteiger partial charge on any atom is -0.495 e. The summed E-state index contributed by atoms with van der Waals surface area (Å²) in [6.45, 7) is 1.94. The molecule has 1 aromatic carbocycles. The van der Waals surface area contributed by atoms with Gasteiger partial charge in [0.25, 0.3) is 11.5 Å². The van der Waals surface area contributed by atoms with Crippen LogP contribution in [-0.4, -0.2) is 64.7 Å². The highest BCUT2D eigenvalue weighted by Crippen LogP contribution is 2.38. The molecule has 40 heavy (non-hydrogen) atoms. The third kappa shape index (κ3) is 5.26. The zero-order chi connectivity index (χ0) is 27.8. The van der Waals surface area contributed by atoms with Crippen molar-refractivity contribution in [3.05, 3.63) is 57.1 Å². The quantitative estimate of drug-likeness (QED) is 0.330. The van der Waals surface area contributed by atoms with E-state index in [9.17, 15) is 9.59 Å². The Hall–Kier alpha value is -3.96. The lowest BCUT2D eigenvalue weighted by molar-refractivity contribution is 0.0916. The molecular weight excluding hydrogens is 528 g/mol. The second kappa shape index (κ2) is 10.9. The van der Waals surface area contributed by atoms with E-state index >= 15 is 0 Å². The lowest BCUT2D eigenvalue weighted by Gasteiger charge is -2.29. The highest BCUT2D eigenvalue weighted by Gasteiger charge is 2.29. The van der Waals surface area contributed by atoms with E-state index in [1.165, 1.54) is 4.57 Å². The number of rotatable bonds is 8. The second-order valence-electron chi connectivity index (χ2n) is 10.4. The van der Waals surface area contributed by atoms with E-state index < -0.39 is 0 Å². The lowest BCUT2D eigenvalue weighted by atomic mass is 10.0. The molecule has 3 aromatic heterocycles. The van der Waals surface area contributed by atoms with Crippen molar-refractivity contribution in [1.82, 2.24) is 24.8 Å². The van der Waals surface area contributed by atoms with Gasteiger partial charge in [0.1, 0.15) is 11.3 Å². The number of pyridine rings is 1. The van der Waals surface area contributed by atoms with Gasteiger partial charge in [-0.15, -0.1) is 0 Å². The first-order valence-electron chi connectivity index (χ1n) is 13.4. The number of hydrogen-bond acceptors (Lipinski definition) is 9. The van der Waals surface area contributed by atoms with Crippen LogP contribution in [0.15, 0.2) is 46.0 Å². The molecule has 10 nitrogen and oxygen atoms in total. The average molecular weight is 561 g/mol. The fourth-order valence-electron chi connectivity index (χ4n) is 4.96. The second-order valence-corrected chi connectivity index (χ2v) is 11.2. The number of nitrogens with zero attached hydrogens (tertiary/aromatic N) is 4. The highest BCUT2D eigenvalue weighted by molar-refractivity contribution is 7.08. The number of thiophene rings is 1. The van der Waals surface area contributed by atoms with Gasteiger partial charge in [-0.25, -0.2) is 9.97 Å². The van der Waals surface area contributed by atoms with E-state index in [0.717, 1.165) is 44.3 Å². The SMILES string of the molecule is COc1cc(C(=O)NC2CCN(C)CC2)ccc1Nc1ncc2c(n1)c(-c1ccsc1)c(OC1CC1)c(=O)n2C. The Bertz CT molecular complexity index is 1610. The van der Waals surface area contributed by atoms with Crippen molar-refractivity contribution in [2.45, 2.75) is 37.8 Å². The highest BCUT2D eigenvalue weighted by atomic mass is 32.1. The van der Waals surface area contributed by atoms with Gasteiger partial charge in [0.2, 0.25) is 5.95 Å². The first-order chi connectivity index (χ1) is 19.4. The predicted molar refractivity (Wildman–Crippen MR) is 156 cm³/mol. The van der Waals surface area contributed by atoms with Crippen molar-refractivity contribution in [1.29, 1.82) is 0 Å². The molecule has 6 rings (SSSR count). The van der Waals surface area contributed by atoms with Gasteiger partial charge in [0, 0.05) is 18.7 Å². The average Bonchev–Trinajstić information content (AvgIpc) is 3.62. The summed E-state index contributed by atoms with van der Waals surface area (Å²) >= 11 is 1.55. The Kier molecular flexibility index (Phi) is 7.16. The molecule has 2 N–H and O–H groups in total. The molecule has 4 heterocycles. The van der Waals surface area contributed by atoms with Gasteiger partial charge in [-0.05, 0) is 86.4 Å². The summed E-state index contributed by atoms with van der Waals surface area (Å²) in [6, 6.07) is 7.40. The Morgan fingerprint density at radius 3 is 2.62 bits per heavy atom. The maximum atomic E-state index is 13.3. The number of methoxy groups -OCH3 is 1. The molecule has 4 aromatic rings. The molecule has 208 valence electrons. The fraction of sp³-hybridized carbons (Fsp3) is 0.379. The van der Waals surface area contributed by atoms with Crippen molar-refractivity contribution < 1.29 is 14.3 Å². The molecular formula is C29H32N6O4S. The molecule has 0 radical (unpaired) electrons. The molecule has 0 spiro atoms. The number of piperidine rings is 1. The van der Waals surface area contributed by atoms with Crippen molar-refractivity contribution in [2.24, 2.45) is 7.05 Å². The van der Waals surface area contributed by atoms with Gasteiger partial charge in [-0.3, -0.25) is 9.59 Å². The smallest absolute Gasteiger partial charge is 0.293 e. The number of anilines is 2. The van der Waals surface area contributed by atoms with E-state index in [4.69, 9.17) is 14.5 Å². The van der Waals surface area contributed by atoms with Gasteiger partial charge < -0.3 is 29.6 Å². The summed E-state index contributed by atoms with van der Waals surface area (Å²) in [7, 11) is 5.36. The summed E-state index contributed by atoms with van der Waals surface area (Å²) in [5.41, 5.74) is 3.71. The number of aryl methyl sites for hydroxylation is 1. The number of carbonyl (C=O) groups is 1. The molecule has 0 unspecified atom stereocenters. The topological polar surface area (TPSA) is 111 Å².